The van der Waals surface area contributed by atoms with E-state index in [-0.39, 0.29) is 5.91 Å². The second kappa shape index (κ2) is 7.93. The molecule has 19 heavy (non-hydrogen) atoms. The van der Waals surface area contributed by atoms with Crippen LogP contribution >= 0.6 is 0 Å². The van der Waals surface area contributed by atoms with E-state index in [1.54, 1.807) is 6.07 Å². The summed E-state index contributed by atoms with van der Waals surface area (Å²) in [5.74, 6) is 5.53. The molecule has 1 aromatic rings. The molecular formula is C13H24N4O2. The lowest BCUT2D eigenvalue weighted by Crippen LogP contribution is -2.29. The van der Waals surface area contributed by atoms with Crippen molar-refractivity contribution in [3.05, 3.63) is 23.7 Å². The van der Waals surface area contributed by atoms with E-state index in [0.717, 1.165) is 31.8 Å². The van der Waals surface area contributed by atoms with Gasteiger partial charge < -0.3 is 9.32 Å². The van der Waals surface area contributed by atoms with Crippen LogP contribution in [0, 0.1) is 0 Å². The maximum Gasteiger partial charge on any atom is 0.268 e. The number of amides is 1. The fraction of sp³-hybridized carbons (Fsp3) is 0.615. The molecule has 6 heteroatoms. The average Bonchev–Trinajstić information content (AvgIpc) is 2.84. The maximum absolute atomic E-state index is 11.3. The van der Waals surface area contributed by atoms with Crippen molar-refractivity contribution in [2.45, 2.75) is 19.9 Å². The van der Waals surface area contributed by atoms with Gasteiger partial charge in [0.1, 0.15) is 12.0 Å². The van der Waals surface area contributed by atoms with Crippen LogP contribution in [0.2, 0.25) is 0 Å². The van der Waals surface area contributed by atoms with Crippen molar-refractivity contribution in [3.63, 3.8) is 0 Å². The molecule has 0 aliphatic carbocycles. The number of nitrogens with one attached hydrogen (secondary N) is 1. The van der Waals surface area contributed by atoms with E-state index >= 15 is 0 Å². The number of nitrogen functional groups attached to an aromatic ring is 1. The molecule has 0 aliphatic heterocycles. The monoisotopic (exact) mass is 268 g/mol. The molecule has 0 bridgehead atoms. The highest BCUT2D eigenvalue weighted by atomic mass is 16.3. The van der Waals surface area contributed by atoms with Crippen LogP contribution in [-0.2, 0) is 6.54 Å². The van der Waals surface area contributed by atoms with Crippen LogP contribution in [0.3, 0.4) is 0 Å². The van der Waals surface area contributed by atoms with Gasteiger partial charge >= 0.3 is 0 Å². The molecule has 0 spiro atoms. The van der Waals surface area contributed by atoms with Crippen molar-refractivity contribution in [1.29, 1.82) is 0 Å². The summed E-state index contributed by atoms with van der Waals surface area (Å²) in [6.45, 7) is 5.85. The molecular weight excluding hydrogens is 244 g/mol. The van der Waals surface area contributed by atoms with Gasteiger partial charge in [-0.25, -0.2) is 5.84 Å². The average molecular weight is 268 g/mol. The summed E-state index contributed by atoms with van der Waals surface area (Å²) >= 11 is 0. The molecule has 0 aliphatic rings. The molecule has 6 nitrogen and oxygen atoms in total. The zero-order chi connectivity index (χ0) is 14.3. The third-order valence-corrected chi connectivity index (χ3v) is 2.95. The van der Waals surface area contributed by atoms with E-state index in [1.807, 2.05) is 0 Å². The van der Waals surface area contributed by atoms with E-state index < -0.39 is 0 Å². The standard InChI is InChI=1S/C13H24N4O2/c1-4-17(7-5-6-16(2)3)9-12-8-11(10-19-12)13(18)15-14/h8,10H,4-7,9,14H2,1-3H3,(H,15,18). The number of hydrazine groups is 1. The molecule has 0 radical (unpaired) electrons. The van der Waals surface area contributed by atoms with Gasteiger partial charge in [-0.05, 0) is 46.2 Å². The zero-order valence-electron chi connectivity index (χ0n) is 12.0. The molecule has 0 saturated heterocycles. The lowest BCUT2D eigenvalue weighted by molar-refractivity contribution is 0.0953. The second-order valence-electron chi connectivity index (χ2n) is 4.80. The molecule has 0 aromatic carbocycles. The molecule has 1 aromatic heterocycles. The van der Waals surface area contributed by atoms with Crippen molar-refractivity contribution in [2.75, 3.05) is 33.7 Å². The lowest BCUT2D eigenvalue weighted by Gasteiger charge is -2.20. The van der Waals surface area contributed by atoms with E-state index in [4.69, 9.17) is 10.3 Å². The van der Waals surface area contributed by atoms with Crippen molar-refractivity contribution in [3.8, 4) is 0 Å². The number of furan rings is 1. The van der Waals surface area contributed by atoms with E-state index in [9.17, 15) is 4.79 Å². The van der Waals surface area contributed by atoms with E-state index in [2.05, 4.69) is 36.2 Å². The van der Waals surface area contributed by atoms with Crippen molar-refractivity contribution >= 4 is 5.91 Å². The first-order valence-electron chi connectivity index (χ1n) is 6.52. The number of rotatable bonds is 8. The molecule has 108 valence electrons. The predicted molar refractivity (Wildman–Crippen MR) is 74.5 cm³/mol. The van der Waals surface area contributed by atoms with E-state index in [1.165, 1.54) is 6.26 Å². The third-order valence-electron chi connectivity index (χ3n) is 2.95. The summed E-state index contributed by atoms with van der Waals surface area (Å²) in [6, 6.07) is 1.73. The molecule has 0 fully saturated rings. The summed E-state index contributed by atoms with van der Waals surface area (Å²) in [6.07, 6.45) is 2.54. The first-order valence-corrected chi connectivity index (χ1v) is 6.52. The molecule has 3 N–H and O–H groups in total. The summed E-state index contributed by atoms with van der Waals surface area (Å²) in [4.78, 5) is 15.8. The summed E-state index contributed by atoms with van der Waals surface area (Å²) in [5, 5.41) is 0. The first-order chi connectivity index (χ1) is 9.06. The Balaban J connectivity index is 2.46. The largest absolute Gasteiger partial charge is 0.467 e. The fourth-order valence-corrected chi connectivity index (χ4v) is 1.85. The quantitative estimate of drug-likeness (QED) is 0.411. The van der Waals surface area contributed by atoms with Gasteiger partial charge in [-0.2, -0.15) is 0 Å². The Hall–Kier alpha value is -1.37. The van der Waals surface area contributed by atoms with Crippen molar-refractivity contribution in [1.82, 2.24) is 15.2 Å². The number of carbonyl (C=O) groups is 1. The highest BCUT2D eigenvalue weighted by Crippen LogP contribution is 2.10. The fourth-order valence-electron chi connectivity index (χ4n) is 1.85. The van der Waals surface area contributed by atoms with E-state index in [0.29, 0.717) is 12.1 Å². The SMILES string of the molecule is CCN(CCCN(C)C)Cc1cc(C(=O)NN)co1. The van der Waals surface area contributed by atoms with Gasteiger partial charge in [0.25, 0.3) is 5.91 Å². The Labute approximate surface area is 114 Å². The minimum absolute atomic E-state index is 0.328. The van der Waals surface area contributed by atoms with Crippen LogP contribution in [0.5, 0.6) is 0 Å². The van der Waals surface area contributed by atoms with Gasteiger partial charge in [0.05, 0.1) is 12.1 Å². The first kappa shape index (κ1) is 15.7. The van der Waals surface area contributed by atoms with Crippen LogP contribution in [0.15, 0.2) is 16.7 Å². The summed E-state index contributed by atoms with van der Waals surface area (Å²) in [5.41, 5.74) is 2.55. The Morgan fingerprint density at radius 1 is 1.42 bits per heavy atom. The molecule has 1 rings (SSSR count). The topological polar surface area (TPSA) is 74.7 Å². The van der Waals surface area contributed by atoms with Crippen molar-refractivity contribution in [2.24, 2.45) is 5.84 Å². The lowest BCUT2D eigenvalue weighted by atomic mass is 10.3. The van der Waals surface area contributed by atoms with Gasteiger partial charge in [-0.1, -0.05) is 6.92 Å². The summed E-state index contributed by atoms with van der Waals surface area (Å²) in [7, 11) is 4.14. The van der Waals surface area contributed by atoms with Gasteiger partial charge in [0.2, 0.25) is 0 Å². The summed E-state index contributed by atoms with van der Waals surface area (Å²) < 4.78 is 5.38. The Bertz CT molecular complexity index is 390. The Morgan fingerprint density at radius 2 is 2.16 bits per heavy atom. The minimum atomic E-state index is -0.328. The normalized spacial score (nSPS) is 11.3. The molecule has 0 saturated carbocycles. The number of hydrogen-bond donors (Lipinski definition) is 2. The second-order valence-corrected chi connectivity index (χ2v) is 4.80. The smallest absolute Gasteiger partial charge is 0.268 e. The van der Waals surface area contributed by atoms with Crippen LogP contribution in [0.25, 0.3) is 0 Å². The van der Waals surface area contributed by atoms with Crippen LogP contribution in [-0.4, -0.2) is 49.4 Å². The Morgan fingerprint density at radius 3 is 2.74 bits per heavy atom. The van der Waals surface area contributed by atoms with Crippen LogP contribution < -0.4 is 11.3 Å². The van der Waals surface area contributed by atoms with Crippen molar-refractivity contribution < 1.29 is 9.21 Å². The van der Waals surface area contributed by atoms with Gasteiger partial charge in [-0.15, -0.1) is 0 Å². The van der Waals surface area contributed by atoms with Gasteiger partial charge in [-0.3, -0.25) is 15.1 Å². The van der Waals surface area contributed by atoms with Gasteiger partial charge in [0.15, 0.2) is 0 Å². The predicted octanol–water partition coefficient (Wildman–Crippen LogP) is 0.657. The molecule has 1 amide bonds. The molecule has 0 atom stereocenters. The van der Waals surface area contributed by atoms with Crippen LogP contribution in [0.1, 0.15) is 29.5 Å². The zero-order valence-corrected chi connectivity index (χ0v) is 12.0. The number of carbonyl (C=O) groups excluding carboxylic acids is 1. The minimum Gasteiger partial charge on any atom is -0.467 e. The number of nitrogens with zero attached hydrogens (tertiary/aromatic N) is 2. The highest BCUT2D eigenvalue weighted by Gasteiger charge is 2.11. The van der Waals surface area contributed by atoms with Crippen LogP contribution in [0.4, 0.5) is 0 Å². The third kappa shape index (κ3) is 5.42. The molecule has 1 heterocycles. The number of hydrogen-bond acceptors (Lipinski definition) is 5. The highest BCUT2D eigenvalue weighted by molar-refractivity contribution is 5.93. The molecule has 0 unspecified atom stereocenters. The Kier molecular flexibility index (Phi) is 6.55. The number of nitrogens with two attached hydrogens (primary N) is 1. The maximum atomic E-state index is 11.3. The van der Waals surface area contributed by atoms with Gasteiger partial charge in [0, 0.05) is 0 Å².